The van der Waals surface area contributed by atoms with Gasteiger partial charge >= 0.3 is 0 Å². The number of fused-ring (bicyclic) bond motifs is 3. The molecule has 2 bridgehead atoms. The summed E-state index contributed by atoms with van der Waals surface area (Å²) in [4.78, 5) is 21.2. The Morgan fingerprint density at radius 2 is 2.12 bits per heavy atom. The minimum Gasteiger partial charge on any atom is -0.495 e. The Bertz CT molecular complexity index is 720. The molecule has 3 fully saturated rings. The van der Waals surface area contributed by atoms with Crippen molar-refractivity contribution >= 4 is 17.2 Å². The Balaban J connectivity index is 1.44. The zero-order chi connectivity index (χ0) is 16.5. The van der Waals surface area contributed by atoms with Crippen molar-refractivity contribution in [2.45, 2.75) is 18.9 Å². The van der Waals surface area contributed by atoms with Crippen LogP contribution in [0.1, 0.15) is 22.5 Å². The highest BCUT2D eigenvalue weighted by molar-refractivity contribution is 7.17. The summed E-state index contributed by atoms with van der Waals surface area (Å²) in [6.07, 6.45) is 4.11. The van der Waals surface area contributed by atoms with Crippen LogP contribution in [0.4, 0.5) is 0 Å². The van der Waals surface area contributed by atoms with E-state index in [0.717, 1.165) is 27.7 Å². The van der Waals surface area contributed by atoms with Crippen LogP contribution in [-0.4, -0.2) is 48.6 Å². The van der Waals surface area contributed by atoms with Gasteiger partial charge in [0.25, 0.3) is 5.91 Å². The van der Waals surface area contributed by atoms with E-state index in [2.05, 4.69) is 15.2 Å². The van der Waals surface area contributed by atoms with E-state index in [1.54, 1.807) is 13.3 Å². The predicted molar refractivity (Wildman–Crippen MR) is 94.5 cm³/mol. The maximum absolute atomic E-state index is 12.6. The number of nitrogens with one attached hydrogen (secondary N) is 1. The number of carbonyl (C=O) groups is 1. The second kappa shape index (κ2) is 6.53. The smallest absolute Gasteiger partial charge is 0.261 e. The largest absolute Gasteiger partial charge is 0.495 e. The minimum absolute atomic E-state index is 0.0403. The SMILES string of the molecule is COc1ccc(-c2ccc(C(=O)N[C@H]3CN4CCC3CC4)s2)nc1. The molecule has 1 amide bonds. The van der Waals surface area contributed by atoms with Crippen LogP contribution in [0.25, 0.3) is 10.6 Å². The fourth-order valence-corrected chi connectivity index (χ4v) is 4.50. The van der Waals surface area contributed by atoms with Crippen molar-refractivity contribution in [3.05, 3.63) is 35.3 Å². The van der Waals surface area contributed by atoms with Crippen LogP contribution in [0.15, 0.2) is 30.5 Å². The first kappa shape index (κ1) is 15.6. The lowest BCUT2D eigenvalue weighted by Gasteiger charge is -2.44. The molecule has 0 spiro atoms. The molecule has 6 heteroatoms. The lowest BCUT2D eigenvalue weighted by Crippen LogP contribution is -2.57. The molecule has 24 heavy (non-hydrogen) atoms. The number of thiophene rings is 1. The van der Waals surface area contributed by atoms with Gasteiger partial charge in [-0.25, -0.2) is 0 Å². The second-order valence-electron chi connectivity index (χ2n) is 6.47. The van der Waals surface area contributed by atoms with Gasteiger partial charge in [0, 0.05) is 12.6 Å². The summed E-state index contributed by atoms with van der Waals surface area (Å²) in [7, 11) is 1.62. The van der Waals surface area contributed by atoms with Gasteiger partial charge in [-0.1, -0.05) is 0 Å². The fraction of sp³-hybridized carbons (Fsp3) is 0.444. The van der Waals surface area contributed by atoms with Gasteiger partial charge in [-0.15, -0.1) is 11.3 Å². The van der Waals surface area contributed by atoms with Crippen molar-refractivity contribution in [2.75, 3.05) is 26.7 Å². The Morgan fingerprint density at radius 3 is 2.75 bits per heavy atom. The van der Waals surface area contributed by atoms with E-state index in [1.165, 1.54) is 37.3 Å². The Morgan fingerprint density at radius 1 is 1.29 bits per heavy atom. The zero-order valence-electron chi connectivity index (χ0n) is 13.7. The molecule has 5 nitrogen and oxygen atoms in total. The molecular formula is C18H21N3O2S. The lowest BCUT2D eigenvalue weighted by molar-refractivity contribution is 0.0622. The maximum atomic E-state index is 12.6. The maximum Gasteiger partial charge on any atom is 0.261 e. The quantitative estimate of drug-likeness (QED) is 0.927. The molecule has 1 N–H and O–H groups in total. The fourth-order valence-electron chi connectivity index (χ4n) is 3.61. The first-order valence-corrected chi connectivity index (χ1v) is 9.18. The summed E-state index contributed by atoms with van der Waals surface area (Å²) in [6, 6.07) is 7.95. The summed E-state index contributed by atoms with van der Waals surface area (Å²) in [5.74, 6) is 1.41. The van der Waals surface area contributed by atoms with E-state index in [-0.39, 0.29) is 5.91 Å². The van der Waals surface area contributed by atoms with Crippen molar-refractivity contribution in [1.82, 2.24) is 15.2 Å². The molecule has 0 unspecified atom stereocenters. The van der Waals surface area contributed by atoms with Crippen molar-refractivity contribution in [1.29, 1.82) is 0 Å². The number of amides is 1. The van der Waals surface area contributed by atoms with E-state index < -0.39 is 0 Å². The number of carbonyl (C=O) groups excluding carboxylic acids is 1. The molecule has 3 saturated heterocycles. The third-order valence-corrected chi connectivity index (χ3v) is 6.13. The average Bonchev–Trinajstić information content (AvgIpc) is 3.13. The number of ether oxygens (including phenoxy) is 1. The Hall–Kier alpha value is -1.92. The minimum atomic E-state index is 0.0403. The predicted octanol–water partition coefficient (Wildman–Crippen LogP) is 2.64. The first-order chi connectivity index (χ1) is 11.7. The molecule has 3 aliphatic heterocycles. The van der Waals surface area contributed by atoms with Gasteiger partial charge in [-0.2, -0.15) is 0 Å². The van der Waals surface area contributed by atoms with Crippen LogP contribution in [0.3, 0.4) is 0 Å². The highest BCUT2D eigenvalue weighted by Crippen LogP contribution is 2.30. The van der Waals surface area contributed by atoms with Gasteiger partial charge in [0.1, 0.15) is 5.75 Å². The molecule has 0 saturated carbocycles. The van der Waals surface area contributed by atoms with Crippen LogP contribution in [0.5, 0.6) is 5.75 Å². The molecule has 0 aromatic carbocycles. The van der Waals surface area contributed by atoms with Crippen molar-refractivity contribution in [3.63, 3.8) is 0 Å². The summed E-state index contributed by atoms with van der Waals surface area (Å²) >= 11 is 1.49. The molecule has 2 aromatic heterocycles. The van der Waals surface area contributed by atoms with E-state index >= 15 is 0 Å². The number of pyridine rings is 1. The topological polar surface area (TPSA) is 54.5 Å². The standard InChI is InChI=1S/C18H21N3O2S/c1-23-13-2-3-14(19-10-13)16-4-5-17(24-16)18(22)20-15-11-21-8-6-12(15)7-9-21/h2-5,10,12,15H,6-9,11H2,1H3,(H,20,22)/t15-/m0/s1. The third-order valence-electron chi connectivity index (χ3n) is 5.03. The van der Waals surface area contributed by atoms with E-state index in [1.807, 2.05) is 24.3 Å². The summed E-state index contributed by atoms with van der Waals surface area (Å²) in [5, 5.41) is 3.24. The van der Waals surface area contributed by atoms with Gasteiger partial charge in [-0.05, 0) is 56.1 Å². The highest BCUT2D eigenvalue weighted by Gasteiger charge is 2.35. The molecule has 0 aliphatic carbocycles. The monoisotopic (exact) mass is 343 g/mol. The van der Waals surface area contributed by atoms with Crippen molar-refractivity contribution < 1.29 is 9.53 Å². The molecule has 1 atom stereocenters. The normalized spacial score (nSPS) is 25.5. The zero-order valence-corrected chi connectivity index (χ0v) is 14.5. The van der Waals surface area contributed by atoms with Crippen LogP contribution in [0.2, 0.25) is 0 Å². The van der Waals surface area contributed by atoms with Gasteiger partial charge in [0.05, 0.1) is 28.8 Å². The molecular weight excluding hydrogens is 322 g/mol. The lowest BCUT2D eigenvalue weighted by atomic mass is 9.84. The molecule has 5 rings (SSSR count). The van der Waals surface area contributed by atoms with Gasteiger partial charge in [0.2, 0.25) is 0 Å². The second-order valence-corrected chi connectivity index (χ2v) is 7.55. The number of rotatable bonds is 4. The summed E-state index contributed by atoms with van der Waals surface area (Å²) in [5.41, 5.74) is 0.864. The highest BCUT2D eigenvalue weighted by atomic mass is 32.1. The number of hydrogen-bond acceptors (Lipinski definition) is 5. The first-order valence-electron chi connectivity index (χ1n) is 8.36. The molecule has 5 heterocycles. The molecule has 2 aromatic rings. The number of hydrogen-bond donors (Lipinski definition) is 1. The number of piperidine rings is 3. The average molecular weight is 343 g/mol. The van der Waals surface area contributed by atoms with Gasteiger partial charge < -0.3 is 15.0 Å². The van der Waals surface area contributed by atoms with Crippen molar-refractivity contribution in [3.8, 4) is 16.3 Å². The molecule has 126 valence electrons. The van der Waals surface area contributed by atoms with Crippen LogP contribution in [0, 0.1) is 5.92 Å². The Labute approximate surface area is 145 Å². The summed E-state index contributed by atoms with van der Waals surface area (Å²) in [6.45, 7) is 3.36. The number of nitrogens with zero attached hydrogens (tertiary/aromatic N) is 2. The number of aromatic nitrogens is 1. The van der Waals surface area contributed by atoms with Crippen LogP contribution in [-0.2, 0) is 0 Å². The third kappa shape index (κ3) is 3.03. The molecule has 3 aliphatic rings. The molecule has 0 radical (unpaired) electrons. The van der Waals surface area contributed by atoms with Gasteiger partial charge in [0.15, 0.2) is 0 Å². The van der Waals surface area contributed by atoms with E-state index in [9.17, 15) is 4.79 Å². The Kier molecular flexibility index (Phi) is 4.24. The van der Waals surface area contributed by atoms with Gasteiger partial charge in [-0.3, -0.25) is 9.78 Å². The van der Waals surface area contributed by atoms with E-state index in [0.29, 0.717) is 12.0 Å². The van der Waals surface area contributed by atoms with Crippen molar-refractivity contribution in [2.24, 2.45) is 5.92 Å². The number of methoxy groups -OCH3 is 1. The van der Waals surface area contributed by atoms with Crippen LogP contribution >= 0.6 is 11.3 Å². The van der Waals surface area contributed by atoms with Crippen LogP contribution < -0.4 is 10.1 Å². The van der Waals surface area contributed by atoms with E-state index in [4.69, 9.17) is 4.74 Å². The summed E-state index contributed by atoms with van der Waals surface area (Å²) < 4.78 is 5.13.